The second kappa shape index (κ2) is 21.9. The van der Waals surface area contributed by atoms with Crippen molar-refractivity contribution in [2.75, 3.05) is 76.8 Å². The average Bonchev–Trinajstić information content (AvgIpc) is 3.98. The van der Waals surface area contributed by atoms with Crippen molar-refractivity contribution < 1.29 is 52.3 Å². The number of carbonyl (C=O) groups is 4. The van der Waals surface area contributed by atoms with E-state index in [0.29, 0.717) is 84.5 Å². The molecule has 16 nitrogen and oxygen atoms in total. The summed E-state index contributed by atoms with van der Waals surface area (Å²) in [5.41, 5.74) is 11.5. The van der Waals surface area contributed by atoms with Gasteiger partial charge in [0, 0.05) is 86.0 Å². The third kappa shape index (κ3) is 11.5. The summed E-state index contributed by atoms with van der Waals surface area (Å²) in [4.78, 5) is 64.3. The molecule has 1 unspecified atom stereocenters. The molecule has 0 fully saturated rings. The van der Waals surface area contributed by atoms with Crippen LogP contribution in [0.15, 0.2) is 90.3 Å². The predicted octanol–water partition coefficient (Wildman–Crippen LogP) is 8.71. The number of methoxy groups -OCH3 is 3. The van der Waals surface area contributed by atoms with Gasteiger partial charge in [0.2, 0.25) is 0 Å². The first kappa shape index (κ1) is 52.1. The molecule has 0 saturated carbocycles. The lowest BCUT2D eigenvalue weighted by Gasteiger charge is -2.27. The fourth-order valence-corrected chi connectivity index (χ4v) is 10.8. The fraction of sp³-hybridized carbons (Fsp3) is 0.444. The van der Waals surface area contributed by atoms with Crippen LogP contribution < -0.4 is 34.5 Å². The van der Waals surface area contributed by atoms with Gasteiger partial charge in [0.15, 0.2) is 23.0 Å². The molecule has 384 valence electrons. The zero-order chi connectivity index (χ0) is 51.5. The minimum atomic E-state index is -1.45. The van der Waals surface area contributed by atoms with Gasteiger partial charge >= 0.3 is 0 Å². The van der Waals surface area contributed by atoms with Crippen molar-refractivity contribution in [3.63, 3.8) is 0 Å². The molecule has 0 spiro atoms. The maximum Gasteiger partial charge on any atom is 0.260 e. The number of carbonyl (C=O) groups excluding carboxylic acids is 4. The van der Waals surface area contributed by atoms with Crippen LogP contribution in [0.1, 0.15) is 52.0 Å². The zero-order valence-corrected chi connectivity index (χ0v) is 45.1. The Morgan fingerprint density at radius 2 is 1.15 bits per heavy atom. The molecule has 3 atom stereocenters. The van der Waals surface area contributed by atoms with Crippen LogP contribution in [0.3, 0.4) is 0 Å². The van der Waals surface area contributed by atoms with E-state index in [2.05, 4.69) is 45.4 Å². The van der Waals surface area contributed by atoms with Crippen molar-refractivity contribution >= 4 is 62.4 Å². The number of nitrogens with two attached hydrogens (primary N) is 1. The first-order valence-electron chi connectivity index (χ1n) is 24.7. The number of nitrogens with zero attached hydrogens (tertiary/aromatic N) is 4. The minimum absolute atomic E-state index is 0.0179. The molecule has 4 heterocycles. The molecule has 0 bridgehead atoms. The largest absolute Gasteiger partial charge is 0.493 e. The van der Waals surface area contributed by atoms with Crippen molar-refractivity contribution in [1.82, 2.24) is 9.80 Å². The number of rotatable bonds is 21. The van der Waals surface area contributed by atoms with Gasteiger partial charge in [-0.05, 0) is 65.1 Å². The SMILES string of the molecule is COc1cc2c(cc1OCCCOc1cc3c(cc1OC)C(=O)N1C=C(c4cccc(N)c4)C[C@H]1C(=O)N3COCC[Si](C)(C)C)N(COCC[Si](C)(C)C)C(=O)[C@@H]1CC(C3=CCC(OC)C=C3)=CN1C2=O. The zero-order valence-electron chi connectivity index (χ0n) is 43.1. The van der Waals surface area contributed by atoms with Gasteiger partial charge in [0.1, 0.15) is 25.5 Å². The fourth-order valence-electron chi connectivity index (χ4n) is 9.25. The van der Waals surface area contributed by atoms with E-state index in [1.54, 1.807) is 54.7 Å². The highest BCUT2D eigenvalue weighted by Gasteiger charge is 2.45. The molecule has 8 rings (SSSR count). The molecule has 0 aromatic heterocycles. The van der Waals surface area contributed by atoms with Gasteiger partial charge in [-0.25, -0.2) is 0 Å². The Labute approximate surface area is 424 Å². The second-order valence-electron chi connectivity index (χ2n) is 21.1. The summed E-state index contributed by atoms with van der Waals surface area (Å²) in [6, 6.07) is 14.3. The molecular formula is C54H69N5O11Si2. The molecule has 5 aliphatic rings. The highest BCUT2D eigenvalue weighted by molar-refractivity contribution is 6.76. The summed E-state index contributed by atoms with van der Waals surface area (Å²) < 4.78 is 42.2. The highest BCUT2D eigenvalue weighted by Crippen LogP contribution is 2.44. The molecule has 3 aromatic rings. The van der Waals surface area contributed by atoms with Gasteiger partial charge in [0.05, 0.1) is 56.0 Å². The van der Waals surface area contributed by atoms with E-state index in [1.165, 1.54) is 28.9 Å². The average molecular weight is 1020 g/mol. The topological polar surface area (TPSA) is 172 Å². The molecule has 18 heteroatoms. The van der Waals surface area contributed by atoms with Gasteiger partial charge in [-0.15, -0.1) is 0 Å². The van der Waals surface area contributed by atoms with Crippen molar-refractivity contribution in [1.29, 1.82) is 0 Å². The van der Waals surface area contributed by atoms with E-state index in [4.69, 9.17) is 38.9 Å². The van der Waals surface area contributed by atoms with Crippen LogP contribution in [0.5, 0.6) is 23.0 Å². The molecule has 0 radical (unpaired) electrons. The monoisotopic (exact) mass is 1020 g/mol. The van der Waals surface area contributed by atoms with Crippen LogP contribution in [-0.4, -0.2) is 129 Å². The summed E-state index contributed by atoms with van der Waals surface area (Å²) in [6.45, 7) is 14.8. The van der Waals surface area contributed by atoms with Crippen LogP contribution in [-0.2, 0) is 23.8 Å². The van der Waals surface area contributed by atoms with E-state index < -0.39 is 28.2 Å². The molecule has 4 aliphatic heterocycles. The number of hydrogen-bond acceptors (Lipinski definition) is 12. The number of allylic oxidation sites excluding steroid dienone is 2. The van der Waals surface area contributed by atoms with Crippen LogP contribution >= 0.6 is 0 Å². The highest BCUT2D eigenvalue weighted by atomic mass is 28.3. The third-order valence-corrected chi connectivity index (χ3v) is 16.9. The first-order valence-corrected chi connectivity index (χ1v) is 32.1. The van der Waals surface area contributed by atoms with Gasteiger partial charge in [-0.3, -0.25) is 29.0 Å². The lowest BCUT2D eigenvalue weighted by atomic mass is 9.96. The Morgan fingerprint density at radius 1 is 0.639 bits per heavy atom. The number of ether oxygens (including phenoxy) is 7. The summed E-state index contributed by atoms with van der Waals surface area (Å²) in [6.07, 6.45) is 11.3. The summed E-state index contributed by atoms with van der Waals surface area (Å²) in [5, 5.41) is 0. The smallest absolute Gasteiger partial charge is 0.260 e. The van der Waals surface area contributed by atoms with Crippen molar-refractivity contribution in [3.05, 3.63) is 107 Å². The third-order valence-electron chi connectivity index (χ3n) is 13.5. The van der Waals surface area contributed by atoms with E-state index >= 15 is 0 Å². The molecule has 1 aliphatic carbocycles. The number of fused-ring (bicyclic) bond motifs is 4. The molecule has 4 amide bonds. The Balaban J connectivity index is 1.01. The van der Waals surface area contributed by atoms with Crippen molar-refractivity contribution in [2.45, 2.75) is 95.2 Å². The Morgan fingerprint density at radius 3 is 1.61 bits per heavy atom. The summed E-state index contributed by atoms with van der Waals surface area (Å²) in [5.74, 6) is 0.101. The molecule has 72 heavy (non-hydrogen) atoms. The van der Waals surface area contributed by atoms with Crippen LogP contribution in [0.25, 0.3) is 5.57 Å². The Bertz CT molecular complexity index is 2710. The van der Waals surface area contributed by atoms with Crippen LogP contribution in [0.2, 0.25) is 51.4 Å². The molecule has 3 aromatic carbocycles. The number of anilines is 3. The van der Waals surface area contributed by atoms with Crippen LogP contribution in [0, 0.1) is 0 Å². The predicted molar refractivity (Wildman–Crippen MR) is 283 cm³/mol. The molecule has 0 saturated heterocycles. The van der Waals surface area contributed by atoms with E-state index in [0.717, 1.165) is 34.4 Å². The van der Waals surface area contributed by atoms with Gasteiger partial charge in [-0.1, -0.05) is 69.6 Å². The second-order valence-corrected chi connectivity index (χ2v) is 32.4. The first-order chi connectivity index (χ1) is 34.4. The van der Waals surface area contributed by atoms with Gasteiger partial charge in [0.25, 0.3) is 23.6 Å². The summed E-state index contributed by atoms with van der Waals surface area (Å²) >= 11 is 0. The van der Waals surface area contributed by atoms with E-state index in [1.807, 2.05) is 30.4 Å². The quantitative estimate of drug-likeness (QED) is 0.0613. The molecular weight excluding hydrogens is 951 g/mol. The Hall–Kier alpha value is -6.19. The summed E-state index contributed by atoms with van der Waals surface area (Å²) in [7, 11) is 1.79. The minimum Gasteiger partial charge on any atom is -0.493 e. The van der Waals surface area contributed by atoms with Crippen molar-refractivity contribution in [2.24, 2.45) is 0 Å². The normalized spacial score (nSPS) is 19.8. The number of hydrogen-bond donors (Lipinski definition) is 1. The number of benzene rings is 3. The van der Waals surface area contributed by atoms with Gasteiger partial charge in [-0.2, -0.15) is 0 Å². The lowest BCUT2D eigenvalue weighted by molar-refractivity contribution is -0.123. The Kier molecular flexibility index (Phi) is 15.9. The number of nitrogen functional groups attached to an aromatic ring is 1. The van der Waals surface area contributed by atoms with Crippen molar-refractivity contribution in [3.8, 4) is 23.0 Å². The maximum absolute atomic E-state index is 14.6. The van der Waals surface area contributed by atoms with Gasteiger partial charge < -0.3 is 48.7 Å². The van der Waals surface area contributed by atoms with E-state index in [-0.39, 0.29) is 62.0 Å². The maximum atomic E-state index is 14.6. The standard InChI is InChI=1S/C54H69N5O11Si2/c1-64-40-16-14-35(15-17-40)37-25-45-53(62)58(33-67-20-22-71(4,5)6)43-29-49(47(65-2)27-41(43)51(60)56(45)31-37)69-18-11-19-70-50-30-44-42(28-48(50)66-3)52(61)57-32-38(36-12-10-13-39(55)24-36)26-46(57)54(63)59(44)34-68-21-23-72(7,8)9/h10,12-16,24,27-32,40,45-46H,11,17-23,25-26,33-34,55H2,1-9H3/t40?,45-,46-/m0/s1. The van der Waals surface area contributed by atoms with E-state index in [9.17, 15) is 19.2 Å². The number of amides is 4. The molecule has 2 N–H and O–H groups in total. The lowest BCUT2D eigenvalue weighted by Crippen LogP contribution is -2.45. The van der Waals surface area contributed by atoms with Crippen LogP contribution in [0.4, 0.5) is 17.1 Å².